The molecule has 8 nitrogen and oxygen atoms in total. The first-order valence-electron chi connectivity index (χ1n) is 10.6. The summed E-state index contributed by atoms with van der Waals surface area (Å²) in [6, 6.07) is 8.96. The van der Waals surface area contributed by atoms with Gasteiger partial charge in [0.05, 0.1) is 31.0 Å². The highest BCUT2D eigenvalue weighted by molar-refractivity contribution is 6.30. The Bertz CT molecular complexity index is 948. The molecule has 9 heteroatoms. The normalized spacial score (nSPS) is 11.2. The maximum Gasteiger partial charge on any atom is 0.306 e. The first-order valence-corrected chi connectivity index (χ1v) is 11.0. The quantitative estimate of drug-likeness (QED) is 0.569. The van der Waals surface area contributed by atoms with Crippen LogP contribution in [0.3, 0.4) is 0 Å². The third-order valence-electron chi connectivity index (χ3n) is 4.73. The van der Waals surface area contributed by atoms with E-state index in [9.17, 15) is 14.4 Å². The lowest BCUT2D eigenvalue weighted by atomic mass is 9.92. The second-order valence-electron chi connectivity index (χ2n) is 8.31. The molecular formula is C23H31ClN4O4. The van der Waals surface area contributed by atoms with Crippen molar-refractivity contribution < 1.29 is 19.1 Å². The molecule has 0 aliphatic carbocycles. The number of halogens is 1. The Hall–Kier alpha value is -2.87. The standard InChI is InChI=1S/C23H31ClN4O4/c1-6-27(21(30)12-13-22(31)32-7-2)15-20(29)25-19-14-18(23(3,4)5)26-28(19)17-10-8-16(24)9-11-17/h8-11,14H,6-7,12-13,15H2,1-5H3,(H,25,29). The number of esters is 1. The number of ether oxygens (including phenoxy) is 1. The summed E-state index contributed by atoms with van der Waals surface area (Å²) in [5.41, 5.74) is 1.33. The summed E-state index contributed by atoms with van der Waals surface area (Å²) in [5, 5.41) is 8.13. The predicted octanol–water partition coefficient (Wildman–Crippen LogP) is 3.95. The molecule has 0 unspecified atom stereocenters. The van der Waals surface area contributed by atoms with E-state index >= 15 is 0 Å². The number of hydrogen-bond acceptors (Lipinski definition) is 5. The minimum atomic E-state index is -0.428. The van der Waals surface area contributed by atoms with Crippen LogP contribution in [0.5, 0.6) is 0 Å². The van der Waals surface area contributed by atoms with Gasteiger partial charge in [0, 0.05) is 29.5 Å². The summed E-state index contributed by atoms with van der Waals surface area (Å²) < 4.78 is 6.50. The van der Waals surface area contributed by atoms with Crippen molar-refractivity contribution in [1.29, 1.82) is 0 Å². The molecule has 0 fully saturated rings. The summed E-state index contributed by atoms with van der Waals surface area (Å²) >= 11 is 6.00. The van der Waals surface area contributed by atoms with E-state index < -0.39 is 5.97 Å². The van der Waals surface area contributed by atoms with E-state index in [1.165, 1.54) is 4.90 Å². The van der Waals surface area contributed by atoms with E-state index in [0.29, 0.717) is 17.4 Å². The smallest absolute Gasteiger partial charge is 0.306 e. The van der Waals surface area contributed by atoms with Crippen LogP contribution >= 0.6 is 11.6 Å². The Morgan fingerprint density at radius 2 is 1.78 bits per heavy atom. The van der Waals surface area contributed by atoms with Crippen LogP contribution in [-0.2, 0) is 24.5 Å². The van der Waals surface area contributed by atoms with Gasteiger partial charge in [-0.2, -0.15) is 5.10 Å². The molecule has 0 saturated carbocycles. The molecule has 174 valence electrons. The van der Waals surface area contributed by atoms with Crippen LogP contribution in [0.15, 0.2) is 30.3 Å². The zero-order valence-electron chi connectivity index (χ0n) is 19.3. The van der Waals surface area contributed by atoms with Gasteiger partial charge in [0.15, 0.2) is 0 Å². The summed E-state index contributed by atoms with van der Waals surface area (Å²) in [5.74, 6) is -0.565. The molecule has 0 spiro atoms. The molecule has 32 heavy (non-hydrogen) atoms. The van der Waals surface area contributed by atoms with Crippen molar-refractivity contribution in [2.75, 3.05) is 25.0 Å². The van der Waals surface area contributed by atoms with Gasteiger partial charge in [-0.3, -0.25) is 14.4 Å². The maximum absolute atomic E-state index is 12.8. The summed E-state index contributed by atoms with van der Waals surface area (Å²) in [6.07, 6.45) is -0.0140. The Morgan fingerprint density at radius 3 is 2.34 bits per heavy atom. The number of anilines is 1. The number of likely N-dealkylation sites (N-methyl/N-ethyl adjacent to an activating group) is 1. The number of rotatable bonds is 9. The van der Waals surface area contributed by atoms with Crippen LogP contribution in [0, 0.1) is 0 Å². The molecule has 0 aliphatic heterocycles. The van der Waals surface area contributed by atoms with Gasteiger partial charge in [-0.05, 0) is 38.1 Å². The number of nitrogens with one attached hydrogen (secondary N) is 1. The zero-order valence-corrected chi connectivity index (χ0v) is 20.0. The van der Waals surface area contributed by atoms with Gasteiger partial charge in [-0.25, -0.2) is 4.68 Å². The van der Waals surface area contributed by atoms with Crippen molar-refractivity contribution in [3.8, 4) is 5.69 Å². The van der Waals surface area contributed by atoms with Crippen molar-refractivity contribution in [3.05, 3.63) is 41.0 Å². The molecule has 1 N–H and O–H groups in total. The second kappa shape index (κ2) is 11.1. The average molecular weight is 463 g/mol. The van der Waals surface area contributed by atoms with Crippen molar-refractivity contribution >= 4 is 35.2 Å². The van der Waals surface area contributed by atoms with Crippen LogP contribution in [0.4, 0.5) is 5.82 Å². The van der Waals surface area contributed by atoms with Crippen LogP contribution < -0.4 is 5.32 Å². The summed E-state index contributed by atoms with van der Waals surface area (Å²) in [7, 11) is 0. The molecule has 2 amide bonds. The summed E-state index contributed by atoms with van der Waals surface area (Å²) in [6.45, 7) is 10.1. The first-order chi connectivity index (χ1) is 15.0. The molecule has 0 radical (unpaired) electrons. The van der Waals surface area contributed by atoms with Crippen LogP contribution in [0.2, 0.25) is 5.02 Å². The molecule has 0 bridgehead atoms. The van der Waals surface area contributed by atoms with Gasteiger partial charge >= 0.3 is 5.97 Å². The SMILES string of the molecule is CCOC(=O)CCC(=O)N(CC)CC(=O)Nc1cc(C(C)(C)C)nn1-c1ccc(Cl)cc1. The fourth-order valence-electron chi connectivity index (χ4n) is 2.95. The Kier molecular flexibility index (Phi) is 8.83. The van der Waals surface area contributed by atoms with Crippen LogP contribution in [0.25, 0.3) is 5.69 Å². The number of aromatic nitrogens is 2. The third kappa shape index (κ3) is 7.09. The minimum Gasteiger partial charge on any atom is -0.466 e. The third-order valence-corrected chi connectivity index (χ3v) is 4.99. The van der Waals surface area contributed by atoms with Gasteiger partial charge in [-0.15, -0.1) is 0 Å². The lowest BCUT2D eigenvalue weighted by Crippen LogP contribution is -2.38. The number of carbonyl (C=O) groups excluding carboxylic acids is 3. The topological polar surface area (TPSA) is 93.5 Å². The fraction of sp³-hybridized carbons (Fsp3) is 0.478. The van der Waals surface area contributed by atoms with E-state index in [-0.39, 0.29) is 43.2 Å². The van der Waals surface area contributed by atoms with E-state index in [1.807, 2.05) is 39.0 Å². The average Bonchev–Trinajstić information content (AvgIpc) is 3.15. The van der Waals surface area contributed by atoms with E-state index in [4.69, 9.17) is 16.3 Å². The minimum absolute atomic E-state index is 0.00314. The van der Waals surface area contributed by atoms with Gasteiger partial charge in [-0.1, -0.05) is 32.4 Å². The van der Waals surface area contributed by atoms with Gasteiger partial charge < -0.3 is 15.0 Å². The highest BCUT2D eigenvalue weighted by Gasteiger charge is 2.23. The fourth-order valence-corrected chi connectivity index (χ4v) is 3.07. The first kappa shape index (κ1) is 25.4. The predicted molar refractivity (Wildman–Crippen MR) is 124 cm³/mol. The van der Waals surface area contributed by atoms with Crippen molar-refractivity contribution in [1.82, 2.24) is 14.7 Å². The molecule has 1 aromatic heterocycles. The molecule has 2 rings (SSSR count). The molecule has 1 aromatic carbocycles. The lowest BCUT2D eigenvalue weighted by molar-refractivity contribution is -0.145. The number of nitrogens with zero attached hydrogens (tertiary/aromatic N) is 3. The molecule has 2 aromatic rings. The number of benzene rings is 1. The highest BCUT2D eigenvalue weighted by Crippen LogP contribution is 2.26. The Labute approximate surface area is 193 Å². The van der Waals surface area contributed by atoms with E-state index in [2.05, 4.69) is 10.4 Å². The largest absolute Gasteiger partial charge is 0.466 e. The van der Waals surface area contributed by atoms with Gasteiger partial charge in [0.2, 0.25) is 11.8 Å². The molecule has 0 aliphatic rings. The van der Waals surface area contributed by atoms with Crippen molar-refractivity contribution in [2.45, 2.75) is 52.9 Å². The van der Waals surface area contributed by atoms with Crippen LogP contribution in [0.1, 0.15) is 53.2 Å². The lowest BCUT2D eigenvalue weighted by Gasteiger charge is -2.20. The Morgan fingerprint density at radius 1 is 1.12 bits per heavy atom. The van der Waals surface area contributed by atoms with Crippen LogP contribution in [-0.4, -0.2) is 52.2 Å². The van der Waals surface area contributed by atoms with Crippen molar-refractivity contribution in [2.24, 2.45) is 0 Å². The maximum atomic E-state index is 12.8. The second-order valence-corrected chi connectivity index (χ2v) is 8.75. The number of amides is 2. The summed E-state index contributed by atoms with van der Waals surface area (Å²) in [4.78, 5) is 38.1. The molecular weight excluding hydrogens is 432 g/mol. The number of carbonyl (C=O) groups is 3. The number of hydrogen-bond donors (Lipinski definition) is 1. The molecule has 0 saturated heterocycles. The van der Waals surface area contributed by atoms with E-state index in [1.54, 1.807) is 30.7 Å². The molecule has 1 heterocycles. The Balaban J connectivity index is 2.15. The van der Waals surface area contributed by atoms with Gasteiger partial charge in [0.1, 0.15) is 5.82 Å². The van der Waals surface area contributed by atoms with Crippen molar-refractivity contribution in [3.63, 3.8) is 0 Å². The molecule has 0 atom stereocenters. The zero-order chi connectivity index (χ0) is 23.9. The monoisotopic (exact) mass is 462 g/mol. The highest BCUT2D eigenvalue weighted by atomic mass is 35.5. The van der Waals surface area contributed by atoms with E-state index in [0.717, 1.165) is 11.4 Å². The van der Waals surface area contributed by atoms with Gasteiger partial charge in [0.25, 0.3) is 0 Å².